The Balaban J connectivity index is 2.95. The van der Waals surface area contributed by atoms with Crippen LogP contribution in [0.5, 0.6) is 0 Å². The van der Waals surface area contributed by atoms with Gasteiger partial charge in [-0.3, -0.25) is 9.36 Å². The predicted octanol–water partition coefficient (Wildman–Crippen LogP) is 1.28. The molecule has 0 aliphatic rings. The van der Waals surface area contributed by atoms with E-state index in [1.54, 1.807) is 0 Å². The fourth-order valence-electron chi connectivity index (χ4n) is 1.68. The summed E-state index contributed by atoms with van der Waals surface area (Å²) in [5.41, 5.74) is -0.307. The Labute approximate surface area is 112 Å². The molecule has 0 unspecified atom stereocenters. The monoisotopic (exact) mass is 292 g/mol. The molecule has 1 heterocycles. The summed E-state index contributed by atoms with van der Waals surface area (Å²) in [6, 6.07) is 1.20. The molecule has 0 saturated heterocycles. The van der Waals surface area contributed by atoms with Crippen molar-refractivity contribution in [2.24, 2.45) is 0 Å². The van der Waals surface area contributed by atoms with E-state index in [9.17, 15) is 13.2 Å². The van der Waals surface area contributed by atoms with Crippen LogP contribution in [0.25, 0.3) is 0 Å². The molecule has 1 rings (SSSR count). The molecule has 0 atom stereocenters. The largest absolute Gasteiger partial charge is 0.296 e. The SMILES string of the molecule is CCCS(=O)(=O)CCn1c(CC)nc(Cl)cc1=O. The molecule has 5 nitrogen and oxygen atoms in total. The maximum atomic E-state index is 11.7. The van der Waals surface area contributed by atoms with E-state index in [-0.39, 0.29) is 28.8 Å². The lowest BCUT2D eigenvalue weighted by molar-refractivity contribution is 0.580. The molecule has 0 aliphatic carbocycles. The van der Waals surface area contributed by atoms with Gasteiger partial charge in [-0.2, -0.15) is 0 Å². The van der Waals surface area contributed by atoms with Gasteiger partial charge >= 0.3 is 0 Å². The maximum absolute atomic E-state index is 11.7. The Kier molecular flexibility index (Phi) is 5.34. The first-order chi connectivity index (χ1) is 8.39. The predicted molar refractivity (Wildman–Crippen MR) is 71.8 cm³/mol. The first kappa shape index (κ1) is 15.2. The van der Waals surface area contributed by atoms with Crippen LogP contribution in [0, 0.1) is 0 Å². The summed E-state index contributed by atoms with van der Waals surface area (Å²) in [5.74, 6) is 0.612. The molecular formula is C11H17ClN2O3S. The highest BCUT2D eigenvalue weighted by atomic mass is 35.5. The Morgan fingerprint density at radius 2 is 2.00 bits per heavy atom. The Hall–Kier alpha value is -0.880. The quantitative estimate of drug-likeness (QED) is 0.741. The second-order valence-corrected chi connectivity index (χ2v) is 6.68. The number of aryl methyl sites for hydroxylation is 1. The average molecular weight is 293 g/mol. The Bertz CT molecular complexity index is 566. The number of hydrogen-bond acceptors (Lipinski definition) is 4. The molecule has 0 N–H and O–H groups in total. The Morgan fingerprint density at radius 3 is 2.56 bits per heavy atom. The van der Waals surface area contributed by atoms with E-state index in [0.29, 0.717) is 18.7 Å². The molecule has 0 amide bonds. The van der Waals surface area contributed by atoms with Crippen molar-refractivity contribution in [1.82, 2.24) is 9.55 Å². The zero-order chi connectivity index (χ0) is 13.8. The van der Waals surface area contributed by atoms with Gasteiger partial charge in [0.25, 0.3) is 5.56 Å². The molecule has 102 valence electrons. The summed E-state index contributed by atoms with van der Waals surface area (Å²) in [6.07, 6.45) is 1.11. The van der Waals surface area contributed by atoms with Gasteiger partial charge in [0, 0.05) is 24.8 Å². The fraction of sp³-hybridized carbons (Fsp3) is 0.636. The van der Waals surface area contributed by atoms with Crippen molar-refractivity contribution < 1.29 is 8.42 Å². The molecule has 1 aromatic rings. The van der Waals surface area contributed by atoms with Crippen LogP contribution in [-0.4, -0.2) is 29.5 Å². The molecule has 0 aliphatic heterocycles. The van der Waals surface area contributed by atoms with Gasteiger partial charge in [0.05, 0.1) is 5.75 Å². The van der Waals surface area contributed by atoms with Crippen molar-refractivity contribution >= 4 is 21.4 Å². The highest BCUT2D eigenvalue weighted by Crippen LogP contribution is 2.04. The molecule has 0 saturated carbocycles. The molecule has 0 radical (unpaired) electrons. The van der Waals surface area contributed by atoms with E-state index in [0.717, 1.165) is 0 Å². The first-order valence-corrected chi connectivity index (χ1v) is 8.06. The zero-order valence-electron chi connectivity index (χ0n) is 10.5. The second-order valence-electron chi connectivity index (χ2n) is 3.99. The van der Waals surface area contributed by atoms with Crippen LogP contribution in [-0.2, 0) is 22.8 Å². The average Bonchev–Trinajstić information content (AvgIpc) is 2.26. The van der Waals surface area contributed by atoms with Gasteiger partial charge in [-0.15, -0.1) is 0 Å². The normalized spacial score (nSPS) is 11.7. The van der Waals surface area contributed by atoms with E-state index in [4.69, 9.17) is 11.6 Å². The van der Waals surface area contributed by atoms with Crippen LogP contribution >= 0.6 is 11.6 Å². The third kappa shape index (κ3) is 4.10. The highest BCUT2D eigenvalue weighted by Gasteiger charge is 2.12. The van der Waals surface area contributed by atoms with E-state index in [1.807, 2.05) is 13.8 Å². The molecule has 7 heteroatoms. The van der Waals surface area contributed by atoms with Gasteiger partial charge in [0.2, 0.25) is 0 Å². The molecular weight excluding hydrogens is 276 g/mol. The molecule has 0 spiro atoms. The number of aromatic nitrogens is 2. The topological polar surface area (TPSA) is 69.0 Å². The van der Waals surface area contributed by atoms with Crippen molar-refractivity contribution in [3.05, 3.63) is 27.4 Å². The summed E-state index contributed by atoms with van der Waals surface area (Å²) < 4.78 is 24.6. The lowest BCUT2D eigenvalue weighted by atomic mass is 10.4. The van der Waals surface area contributed by atoms with Gasteiger partial charge in [-0.1, -0.05) is 25.4 Å². The van der Waals surface area contributed by atoms with Crippen LogP contribution in [0.15, 0.2) is 10.9 Å². The third-order valence-corrected chi connectivity index (χ3v) is 4.54. The van der Waals surface area contributed by atoms with Crippen LogP contribution in [0.2, 0.25) is 5.15 Å². The zero-order valence-corrected chi connectivity index (χ0v) is 12.1. The van der Waals surface area contributed by atoms with Gasteiger partial charge in [-0.25, -0.2) is 13.4 Å². The second kappa shape index (κ2) is 6.33. The lowest BCUT2D eigenvalue weighted by Crippen LogP contribution is -2.28. The highest BCUT2D eigenvalue weighted by molar-refractivity contribution is 7.91. The minimum atomic E-state index is -3.10. The third-order valence-electron chi connectivity index (χ3n) is 2.51. The van der Waals surface area contributed by atoms with Crippen molar-refractivity contribution in [1.29, 1.82) is 0 Å². The number of nitrogens with zero attached hydrogens (tertiary/aromatic N) is 2. The van der Waals surface area contributed by atoms with Gasteiger partial charge in [0.15, 0.2) is 9.84 Å². The molecule has 0 fully saturated rings. The minimum Gasteiger partial charge on any atom is -0.296 e. The van der Waals surface area contributed by atoms with Gasteiger partial charge < -0.3 is 0 Å². The molecule has 0 aromatic carbocycles. The summed E-state index contributed by atoms with van der Waals surface area (Å²) in [7, 11) is -3.10. The Morgan fingerprint density at radius 1 is 1.33 bits per heavy atom. The van der Waals surface area contributed by atoms with E-state index >= 15 is 0 Å². The number of rotatable bonds is 6. The van der Waals surface area contributed by atoms with Crippen LogP contribution in [0.3, 0.4) is 0 Å². The van der Waals surface area contributed by atoms with E-state index in [2.05, 4.69) is 4.98 Å². The van der Waals surface area contributed by atoms with Crippen LogP contribution in [0.4, 0.5) is 0 Å². The minimum absolute atomic E-state index is 0.0446. The maximum Gasteiger partial charge on any atom is 0.255 e. The lowest BCUT2D eigenvalue weighted by Gasteiger charge is -2.10. The summed E-state index contributed by atoms with van der Waals surface area (Å²) in [5, 5.41) is 0.143. The fourth-order valence-corrected chi connectivity index (χ4v) is 3.15. The van der Waals surface area contributed by atoms with E-state index in [1.165, 1.54) is 10.6 Å². The van der Waals surface area contributed by atoms with Gasteiger partial charge in [0.1, 0.15) is 11.0 Å². The smallest absolute Gasteiger partial charge is 0.255 e. The summed E-state index contributed by atoms with van der Waals surface area (Å²) in [6.45, 7) is 3.79. The number of hydrogen-bond donors (Lipinski definition) is 0. The summed E-state index contributed by atoms with van der Waals surface area (Å²) >= 11 is 5.70. The first-order valence-electron chi connectivity index (χ1n) is 5.86. The van der Waals surface area contributed by atoms with Crippen LogP contribution < -0.4 is 5.56 Å². The standard InChI is InChI=1S/C11H17ClN2O3S/c1-3-6-18(16,17)7-5-14-10(4-2)13-9(12)8-11(14)15/h8H,3-7H2,1-2H3. The van der Waals surface area contributed by atoms with Crippen molar-refractivity contribution in [2.75, 3.05) is 11.5 Å². The summed E-state index contributed by atoms with van der Waals surface area (Å²) in [4.78, 5) is 15.8. The molecule has 1 aromatic heterocycles. The van der Waals surface area contributed by atoms with Crippen molar-refractivity contribution in [3.63, 3.8) is 0 Å². The molecule has 18 heavy (non-hydrogen) atoms. The van der Waals surface area contributed by atoms with Crippen molar-refractivity contribution in [3.8, 4) is 0 Å². The van der Waals surface area contributed by atoms with Crippen LogP contribution in [0.1, 0.15) is 26.1 Å². The van der Waals surface area contributed by atoms with Crippen molar-refractivity contribution in [2.45, 2.75) is 33.2 Å². The van der Waals surface area contributed by atoms with Gasteiger partial charge in [-0.05, 0) is 6.42 Å². The molecule has 0 bridgehead atoms. The van der Waals surface area contributed by atoms with E-state index < -0.39 is 9.84 Å². The number of sulfone groups is 1. The number of halogens is 1.